The van der Waals surface area contributed by atoms with Gasteiger partial charge in [0.15, 0.2) is 0 Å². The molecule has 2 N–H and O–H groups in total. The van der Waals surface area contributed by atoms with Crippen LogP contribution < -0.4 is 5.32 Å². The monoisotopic (exact) mass is 240 g/mol. The lowest BCUT2D eigenvalue weighted by Crippen LogP contribution is -2.50. The summed E-state index contributed by atoms with van der Waals surface area (Å²) in [5.41, 5.74) is -0.238. The van der Waals surface area contributed by atoms with Crippen molar-refractivity contribution in [2.24, 2.45) is 11.3 Å². The summed E-state index contributed by atoms with van der Waals surface area (Å²) in [5, 5.41) is 12.7. The summed E-state index contributed by atoms with van der Waals surface area (Å²) in [7, 11) is 0. The van der Waals surface area contributed by atoms with Crippen LogP contribution in [-0.4, -0.2) is 48.2 Å². The fraction of sp³-hybridized carbons (Fsp3) is 0.923. The summed E-state index contributed by atoms with van der Waals surface area (Å²) < 4.78 is 0. The molecule has 0 aliphatic carbocycles. The van der Waals surface area contributed by atoms with Gasteiger partial charge in [0, 0.05) is 13.1 Å². The van der Waals surface area contributed by atoms with Gasteiger partial charge in [-0.05, 0) is 31.7 Å². The molecule has 4 nitrogen and oxygen atoms in total. The number of nitrogens with one attached hydrogen (secondary N) is 1. The van der Waals surface area contributed by atoms with Crippen molar-refractivity contribution in [2.45, 2.75) is 39.2 Å². The van der Waals surface area contributed by atoms with Gasteiger partial charge in [-0.25, -0.2) is 0 Å². The minimum absolute atomic E-state index is 0.0544. The summed E-state index contributed by atoms with van der Waals surface area (Å²) in [6.45, 7) is 6.91. The average Bonchev–Trinajstić information content (AvgIpc) is 2.97. The standard InChI is InChI=1S/C13H24N2O2/c1-10(2)13(5-6-14-9-13)12(17)15-7-3-4-11(15)8-16/h10-11,14,16H,3-9H2,1-2H3/t11-,13?/m0/s1. The van der Waals surface area contributed by atoms with Crippen molar-refractivity contribution >= 4 is 5.91 Å². The number of nitrogens with zero attached hydrogens (tertiary/aromatic N) is 1. The van der Waals surface area contributed by atoms with Crippen molar-refractivity contribution in [3.8, 4) is 0 Å². The first kappa shape index (κ1) is 12.8. The molecule has 2 saturated heterocycles. The Balaban J connectivity index is 2.17. The van der Waals surface area contributed by atoms with Gasteiger partial charge in [0.2, 0.25) is 5.91 Å². The van der Waals surface area contributed by atoms with Crippen LogP contribution in [0.4, 0.5) is 0 Å². The molecule has 2 aliphatic rings. The van der Waals surface area contributed by atoms with Gasteiger partial charge in [0.1, 0.15) is 0 Å². The van der Waals surface area contributed by atoms with Crippen LogP contribution in [0.15, 0.2) is 0 Å². The molecule has 0 bridgehead atoms. The van der Waals surface area contributed by atoms with Gasteiger partial charge in [-0.2, -0.15) is 0 Å². The molecule has 0 aromatic heterocycles. The number of carbonyl (C=O) groups excluding carboxylic acids is 1. The van der Waals surface area contributed by atoms with Crippen molar-refractivity contribution in [1.29, 1.82) is 0 Å². The second-order valence-electron chi connectivity index (χ2n) is 5.71. The minimum Gasteiger partial charge on any atom is -0.394 e. The summed E-state index contributed by atoms with van der Waals surface area (Å²) in [6.07, 6.45) is 2.90. The lowest BCUT2D eigenvalue weighted by Gasteiger charge is -2.37. The minimum atomic E-state index is -0.238. The van der Waals surface area contributed by atoms with Gasteiger partial charge in [0.25, 0.3) is 0 Å². The Morgan fingerprint density at radius 2 is 2.35 bits per heavy atom. The molecule has 0 aromatic carbocycles. The quantitative estimate of drug-likeness (QED) is 0.760. The third-order valence-electron chi connectivity index (χ3n) is 4.57. The molecule has 4 heteroatoms. The van der Waals surface area contributed by atoms with E-state index in [2.05, 4.69) is 19.2 Å². The Labute approximate surface area is 103 Å². The fourth-order valence-electron chi connectivity index (χ4n) is 3.21. The Kier molecular flexibility index (Phi) is 3.73. The first-order valence-electron chi connectivity index (χ1n) is 6.74. The van der Waals surface area contributed by atoms with Crippen LogP contribution in [0.25, 0.3) is 0 Å². The number of aliphatic hydroxyl groups is 1. The van der Waals surface area contributed by atoms with E-state index in [1.165, 1.54) is 0 Å². The van der Waals surface area contributed by atoms with Crippen molar-refractivity contribution in [3.05, 3.63) is 0 Å². The predicted molar refractivity (Wildman–Crippen MR) is 66.6 cm³/mol. The van der Waals surface area contributed by atoms with Gasteiger partial charge >= 0.3 is 0 Å². The van der Waals surface area contributed by atoms with Crippen LogP contribution in [0, 0.1) is 11.3 Å². The van der Waals surface area contributed by atoms with Crippen LogP contribution in [0.2, 0.25) is 0 Å². The molecule has 1 amide bonds. The van der Waals surface area contributed by atoms with Crippen molar-refractivity contribution in [3.63, 3.8) is 0 Å². The molecular formula is C13H24N2O2. The van der Waals surface area contributed by atoms with Crippen molar-refractivity contribution < 1.29 is 9.90 Å². The first-order chi connectivity index (χ1) is 8.12. The summed E-state index contributed by atoms with van der Waals surface area (Å²) >= 11 is 0. The number of likely N-dealkylation sites (tertiary alicyclic amines) is 1. The highest BCUT2D eigenvalue weighted by atomic mass is 16.3. The third-order valence-corrected chi connectivity index (χ3v) is 4.57. The van der Waals surface area contributed by atoms with E-state index in [1.54, 1.807) is 0 Å². The van der Waals surface area contributed by atoms with Gasteiger partial charge < -0.3 is 15.3 Å². The molecule has 2 heterocycles. The molecule has 2 fully saturated rings. The second-order valence-corrected chi connectivity index (χ2v) is 5.71. The molecule has 0 saturated carbocycles. The summed E-state index contributed by atoms with van der Waals surface area (Å²) in [4.78, 5) is 14.7. The van der Waals surface area contributed by atoms with E-state index < -0.39 is 0 Å². The lowest BCUT2D eigenvalue weighted by molar-refractivity contribution is -0.145. The molecule has 98 valence electrons. The fourth-order valence-corrected chi connectivity index (χ4v) is 3.21. The Hall–Kier alpha value is -0.610. The maximum absolute atomic E-state index is 12.8. The van der Waals surface area contributed by atoms with Gasteiger partial charge in [-0.1, -0.05) is 13.8 Å². The lowest BCUT2D eigenvalue weighted by atomic mass is 9.75. The highest BCUT2D eigenvalue weighted by molar-refractivity contribution is 5.84. The highest BCUT2D eigenvalue weighted by Crippen LogP contribution is 2.38. The number of hydrogen-bond donors (Lipinski definition) is 2. The SMILES string of the molecule is CC(C)C1(C(=O)N2CCC[C@H]2CO)CCNC1. The zero-order chi connectivity index (χ0) is 12.5. The van der Waals surface area contributed by atoms with E-state index in [1.807, 2.05) is 4.90 Å². The third kappa shape index (κ3) is 2.08. The Morgan fingerprint density at radius 1 is 1.59 bits per heavy atom. The molecule has 1 unspecified atom stereocenters. The maximum Gasteiger partial charge on any atom is 0.230 e. The largest absolute Gasteiger partial charge is 0.394 e. The van der Waals surface area contributed by atoms with E-state index in [4.69, 9.17) is 0 Å². The Morgan fingerprint density at radius 3 is 2.88 bits per heavy atom. The van der Waals surface area contributed by atoms with Crippen LogP contribution in [0.5, 0.6) is 0 Å². The molecule has 0 spiro atoms. The van der Waals surface area contributed by atoms with Crippen LogP contribution >= 0.6 is 0 Å². The second kappa shape index (κ2) is 4.94. The molecule has 0 radical (unpaired) electrons. The van der Waals surface area contributed by atoms with E-state index in [9.17, 15) is 9.90 Å². The number of amides is 1. The number of carbonyl (C=O) groups is 1. The van der Waals surface area contributed by atoms with Gasteiger partial charge in [-0.15, -0.1) is 0 Å². The number of hydrogen-bond acceptors (Lipinski definition) is 3. The summed E-state index contributed by atoms with van der Waals surface area (Å²) in [5.74, 6) is 0.610. The van der Waals surface area contributed by atoms with Gasteiger partial charge in [0.05, 0.1) is 18.1 Å². The van der Waals surface area contributed by atoms with Crippen molar-refractivity contribution in [2.75, 3.05) is 26.2 Å². The molecule has 2 rings (SSSR count). The van der Waals surface area contributed by atoms with Gasteiger partial charge in [-0.3, -0.25) is 4.79 Å². The predicted octanol–water partition coefficient (Wildman–Crippen LogP) is 0.605. The summed E-state index contributed by atoms with van der Waals surface area (Å²) in [6, 6.07) is 0.0544. The van der Waals surface area contributed by atoms with Crippen LogP contribution in [0.1, 0.15) is 33.1 Å². The molecule has 2 atom stereocenters. The van der Waals surface area contributed by atoms with Crippen molar-refractivity contribution in [1.82, 2.24) is 10.2 Å². The number of aliphatic hydroxyl groups excluding tert-OH is 1. The zero-order valence-electron chi connectivity index (χ0n) is 10.9. The highest BCUT2D eigenvalue weighted by Gasteiger charge is 2.47. The average molecular weight is 240 g/mol. The first-order valence-corrected chi connectivity index (χ1v) is 6.74. The Bertz CT molecular complexity index is 285. The smallest absolute Gasteiger partial charge is 0.230 e. The topological polar surface area (TPSA) is 52.6 Å². The van der Waals surface area contributed by atoms with Crippen LogP contribution in [0.3, 0.4) is 0 Å². The van der Waals surface area contributed by atoms with E-state index >= 15 is 0 Å². The number of rotatable bonds is 3. The van der Waals surface area contributed by atoms with E-state index in [0.29, 0.717) is 5.92 Å². The van der Waals surface area contributed by atoms with Crippen LogP contribution in [-0.2, 0) is 4.79 Å². The molecule has 2 aliphatic heterocycles. The van der Waals surface area contributed by atoms with E-state index in [0.717, 1.165) is 38.9 Å². The van der Waals surface area contributed by atoms with E-state index in [-0.39, 0.29) is 24.0 Å². The molecule has 17 heavy (non-hydrogen) atoms. The molecular weight excluding hydrogens is 216 g/mol. The maximum atomic E-state index is 12.8. The molecule has 0 aromatic rings. The zero-order valence-corrected chi connectivity index (χ0v) is 10.9. The normalized spacial score (nSPS) is 33.6.